The number of nitrogens with zero attached hydrogens (tertiary/aromatic N) is 2. The molecule has 70 valence electrons. The van der Waals surface area contributed by atoms with Gasteiger partial charge in [-0.05, 0) is 23.1 Å². The Hall–Kier alpha value is -2.18. The van der Waals surface area contributed by atoms with Gasteiger partial charge in [-0.25, -0.2) is 0 Å². The maximum atomic E-state index is 8.90. The van der Waals surface area contributed by atoms with Crippen molar-refractivity contribution in [1.29, 1.82) is 0 Å². The van der Waals surface area contributed by atoms with E-state index >= 15 is 0 Å². The molecular formula is C13H8N2. The summed E-state index contributed by atoms with van der Waals surface area (Å²) in [5.41, 5.74) is 11.7. The van der Waals surface area contributed by atoms with Gasteiger partial charge in [0.05, 0.1) is 5.56 Å². The lowest BCUT2D eigenvalue weighted by atomic mass is 9.92. The molecule has 2 aromatic carbocycles. The lowest BCUT2D eigenvalue weighted by Crippen LogP contribution is -2.03. The number of hydrogen-bond donors (Lipinski definition) is 0. The Morgan fingerprint density at radius 1 is 0.933 bits per heavy atom. The quantitative estimate of drug-likeness (QED) is 0.454. The monoisotopic (exact) mass is 192 g/mol. The molecule has 0 saturated carbocycles. The lowest BCUT2D eigenvalue weighted by molar-refractivity contribution is -0.00200. The number of hydrogen-bond acceptors (Lipinski definition) is 0. The van der Waals surface area contributed by atoms with Crippen molar-refractivity contribution in [2.45, 2.75) is 0 Å². The SMILES string of the molecule is [N-]=[N+]=C1C=Cc2cccc3cccc1c23. The van der Waals surface area contributed by atoms with E-state index in [9.17, 15) is 0 Å². The molecule has 2 heteroatoms. The molecule has 0 atom stereocenters. The number of rotatable bonds is 0. The summed E-state index contributed by atoms with van der Waals surface area (Å²) in [4.78, 5) is 3.30. The summed E-state index contributed by atoms with van der Waals surface area (Å²) in [7, 11) is 0. The molecule has 0 fully saturated rings. The number of benzene rings is 2. The van der Waals surface area contributed by atoms with Crippen molar-refractivity contribution in [2.75, 3.05) is 0 Å². The highest BCUT2D eigenvalue weighted by Gasteiger charge is 2.17. The van der Waals surface area contributed by atoms with Crippen LogP contribution in [0.1, 0.15) is 11.1 Å². The van der Waals surface area contributed by atoms with Crippen LogP contribution in [-0.4, -0.2) is 10.5 Å². The molecule has 3 rings (SSSR count). The minimum absolute atomic E-state index is 0.624. The highest BCUT2D eigenvalue weighted by Crippen LogP contribution is 2.27. The second-order valence-corrected chi connectivity index (χ2v) is 3.57. The Morgan fingerprint density at radius 2 is 1.73 bits per heavy atom. The van der Waals surface area contributed by atoms with Gasteiger partial charge < -0.3 is 5.53 Å². The molecule has 15 heavy (non-hydrogen) atoms. The average Bonchev–Trinajstić information content (AvgIpc) is 2.30. The van der Waals surface area contributed by atoms with Crippen LogP contribution in [0.3, 0.4) is 0 Å². The first-order valence-electron chi connectivity index (χ1n) is 4.82. The van der Waals surface area contributed by atoms with E-state index in [4.69, 9.17) is 5.53 Å². The molecule has 0 radical (unpaired) electrons. The van der Waals surface area contributed by atoms with Crippen molar-refractivity contribution in [3.05, 3.63) is 59.1 Å². The lowest BCUT2D eigenvalue weighted by Gasteiger charge is -2.08. The smallest absolute Gasteiger partial charge is 0.323 e. The third-order valence-corrected chi connectivity index (χ3v) is 2.74. The Balaban J connectivity index is 2.57. The predicted octanol–water partition coefficient (Wildman–Crippen LogP) is 2.89. The molecule has 0 bridgehead atoms. The van der Waals surface area contributed by atoms with Crippen LogP contribution in [0, 0.1) is 0 Å². The first-order chi connectivity index (χ1) is 7.40. The van der Waals surface area contributed by atoms with Crippen molar-refractivity contribution in [1.82, 2.24) is 0 Å². The largest absolute Gasteiger partial charge is 0.361 e. The van der Waals surface area contributed by atoms with Crippen LogP contribution >= 0.6 is 0 Å². The summed E-state index contributed by atoms with van der Waals surface area (Å²) in [6.07, 6.45) is 3.81. The second kappa shape index (κ2) is 2.91. The molecule has 0 amide bonds. The summed E-state index contributed by atoms with van der Waals surface area (Å²) in [6.45, 7) is 0. The maximum absolute atomic E-state index is 8.90. The third-order valence-electron chi connectivity index (χ3n) is 2.74. The van der Waals surface area contributed by atoms with E-state index in [1.54, 1.807) is 0 Å². The van der Waals surface area contributed by atoms with E-state index in [1.165, 1.54) is 10.9 Å². The van der Waals surface area contributed by atoms with Gasteiger partial charge in [0.25, 0.3) is 0 Å². The zero-order valence-electron chi connectivity index (χ0n) is 8.01. The van der Waals surface area contributed by atoms with E-state index in [-0.39, 0.29) is 0 Å². The maximum Gasteiger partial charge on any atom is 0.323 e. The molecule has 2 aromatic rings. The average molecular weight is 192 g/mol. The molecule has 0 aliphatic heterocycles. The first-order valence-corrected chi connectivity index (χ1v) is 4.82. The zero-order chi connectivity index (χ0) is 10.3. The van der Waals surface area contributed by atoms with E-state index in [0.29, 0.717) is 5.71 Å². The van der Waals surface area contributed by atoms with Crippen LogP contribution in [0.2, 0.25) is 0 Å². The molecule has 0 aromatic heterocycles. The fraction of sp³-hybridized carbons (Fsp3) is 0. The summed E-state index contributed by atoms with van der Waals surface area (Å²) < 4.78 is 0. The van der Waals surface area contributed by atoms with Gasteiger partial charge in [-0.1, -0.05) is 30.3 Å². The van der Waals surface area contributed by atoms with Gasteiger partial charge in [0, 0.05) is 11.5 Å². The van der Waals surface area contributed by atoms with Gasteiger partial charge in [-0.3, -0.25) is 0 Å². The molecule has 0 unspecified atom stereocenters. The Morgan fingerprint density at radius 3 is 2.53 bits per heavy atom. The summed E-state index contributed by atoms with van der Waals surface area (Å²) in [6, 6.07) is 12.2. The topological polar surface area (TPSA) is 36.4 Å². The Bertz CT molecular complexity index is 627. The molecule has 0 heterocycles. The normalized spacial score (nSPS) is 12.9. The summed E-state index contributed by atoms with van der Waals surface area (Å²) in [5.74, 6) is 0. The van der Waals surface area contributed by atoms with Crippen molar-refractivity contribution in [3.8, 4) is 0 Å². The van der Waals surface area contributed by atoms with Crippen LogP contribution in [0.25, 0.3) is 22.4 Å². The second-order valence-electron chi connectivity index (χ2n) is 3.57. The summed E-state index contributed by atoms with van der Waals surface area (Å²) in [5, 5.41) is 2.34. The van der Waals surface area contributed by atoms with Gasteiger partial charge in [-0.2, -0.15) is 4.79 Å². The van der Waals surface area contributed by atoms with Crippen molar-refractivity contribution in [2.24, 2.45) is 0 Å². The van der Waals surface area contributed by atoms with Gasteiger partial charge >= 0.3 is 5.71 Å². The van der Waals surface area contributed by atoms with Crippen molar-refractivity contribution in [3.63, 3.8) is 0 Å². The van der Waals surface area contributed by atoms with Crippen LogP contribution in [-0.2, 0) is 0 Å². The van der Waals surface area contributed by atoms with Crippen LogP contribution in [0.5, 0.6) is 0 Å². The van der Waals surface area contributed by atoms with E-state index in [1.807, 2.05) is 30.4 Å². The summed E-state index contributed by atoms with van der Waals surface area (Å²) >= 11 is 0. The molecule has 0 N–H and O–H groups in total. The standard InChI is InChI=1S/C13H8N2/c14-15-12-8-7-10-4-1-3-9-5-2-6-11(12)13(9)10/h1-8H. The molecule has 0 spiro atoms. The molecule has 2 nitrogen and oxygen atoms in total. The first kappa shape index (κ1) is 8.16. The van der Waals surface area contributed by atoms with Crippen molar-refractivity contribution < 1.29 is 4.79 Å². The predicted molar refractivity (Wildman–Crippen MR) is 60.7 cm³/mol. The molecule has 1 aliphatic rings. The third kappa shape index (κ3) is 1.06. The molecule has 1 aliphatic carbocycles. The molecular weight excluding hydrogens is 184 g/mol. The van der Waals surface area contributed by atoms with Gasteiger partial charge in [0.15, 0.2) is 0 Å². The highest BCUT2D eigenvalue weighted by atomic mass is 14.9. The minimum Gasteiger partial charge on any atom is -0.361 e. The van der Waals surface area contributed by atoms with E-state index < -0.39 is 0 Å². The van der Waals surface area contributed by atoms with E-state index in [2.05, 4.69) is 23.0 Å². The van der Waals surface area contributed by atoms with Gasteiger partial charge in [-0.15, -0.1) is 0 Å². The van der Waals surface area contributed by atoms with Gasteiger partial charge in [0.1, 0.15) is 0 Å². The highest BCUT2D eigenvalue weighted by molar-refractivity contribution is 6.19. The zero-order valence-corrected chi connectivity index (χ0v) is 8.01. The Kier molecular flexibility index (Phi) is 1.58. The number of allylic oxidation sites excluding steroid dienone is 1. The molecule has 0 saturated heterocycles. The van der Waals surface area contributed by atoms with E-state index in [0.717, 1.165) is 10.9 Å². The van der Waals surface area contributed by atoms with Crippen molar-refractivity contribution >= 4 is 22.6 Å². The van der Waals surface area contributed by atoms with Crippen LogP contribution < -0.4 is 0 Å². The minimum atomic E-state index is 0.624. The van der Waals surface area contributed by atoms with Gasteiger partial charge in [0.2, 0.25) is 0 Å². The fourth-order valence-electron chi connectivity index (χ4n) is 2.07. The fourth-order valence-corrected chi connectivity index (χ4v) is 2.07. The van der Waals surface area contributed by atoms with Crippen LogP contribution in [0.15, 0.2) is 42.5 Å². The van der Waals surface area contributed by atoms with Crippen LogP contribution in [0.4, 0.5) is 0 Å². The Labute approximate surface area is 87.1 Å².